The number of rotatable bonds is 0. The molecule has 0 fully saturated rings. The predicted molar refractivity (Wildman–Crippen MR) is 97.0 cm³/mol. The van der Waals surface area contributed by atoms with E-state index in [9.17, 15) is 0 Å². The molecule has 0 aliphatic heterocycles. The highest BCUT2D eigenvalue weighted by Gasteiger charge is 1.88. The minimum atomic E-state index is 0.729. The Labute approximate surface area is 136 Å². The summed E-state index contributed by atoms with van der Waals surface area (Å²) in [5.41, 5.74) is 1.96. The van der Waals surface area contributed by atoms with Crippen LogP contribution in [0.3, 0.4) is 0 Å². The molecule has 2 rings (SSSR count). The van der Waals surface area contributed by atoms with Crippen molar-refractivity contribution in [2.75, 3.05) is 0 Å². The third kappa shape index (κ3) is 16.5. The highest BCUT2D eigenvalue weighted by molar-refractivity contribution is 6.31. The molecule has 2 aromatic heterocycles. The first-order valence-electron chi connectivity index (χ1n) is 7.65. The van der Waals surface area contributed by atoms with E-state index in [1.165, 1.54) is 0 Å². The molecule has 120 valence electrons. The second-order valence-corrected chi connectivity index (χ2v) is 3.45. The minimum absolute atomic E-state index is 0.729. The lowest BCUT2D eigenvalue weighted by molar-refractivity contribution is 1.20. The molecular formula is C18H31ClN2. The van der Waals surface area contributed by atoms with E-state index in [1.54, 1.807) is 12.4 Å². The van der Waals surface area contributed by atoms with Crippen molar-refractivity contribution < 1.29 is 0 Å². The second kappa shape index (κ2) is 20.9. The SMILES string of the molecule is CC.CC.CC.Cc1ccccn1.Cc1ncccc1Cl. The summed E-state index contributed by atoms with van der Waals surface area (Å²) in [7, 11) is 0. The number of hydrogen-bond donors (Lipinski definition) is 0. The molecule has 21 heavy (non-hydrogen) atoms. The van der Waals surface area contributed by atoms with Crippen LogP contribution < -0.4 is 0 Å². The molecule has 0 saturated heterocycles. The van der Waals surface area contributed by atoms with E-state index in [2.05, 4.69) is 9.97 Å². The van der Waals surface area contributed by atoms with Crippen LogP contribution in [0.15, 0.2) is 42.7 Å². The Morgan fingerprint density at radius 3 is 1.48 bits per heavy atom. The normalized spacial score (nSPS) is 7.29. The van der Waals surface area contributed by atoms with Crippen LogP contribution >= 0.6 is 11.6 Å². The summed E-state index contributed by atoms with van der Waals surface area (Å²) in [6, 6.07) is 9.49. The summed E-state index contributed by atoms with van der Waals surface area (Å²) in [5.74, 6) is 0. The van der Waals surface area contributed by atoms with E-state index in [0.29, 0.717) is 0 Å². The molecule has 0 spiro atoms. The lowest BCUT2D eigenvalue weighted by Crippen LogP contribution is -1.77. The van der Waals surface area contributed by atoms with E-state index in [0.717, 1.165) is 16.4 Å². The van der Waals surface area contributed by atoms with Crippen molar-refractivity contribution in [2.24, 2.45) is 0 Å². The summed E-state index contributed by atoms with van der Waals surface area (Å²) in [6.45, 7) is 15.8. The van der Waals surface area contributed by atoms with E-state index in [4.69, 9.17) is 11.6 Å². The molecular weight excluding hydrogens is 280 g/mol. The van der Waals surface area contributed by atoms with Gasteiger partial charge in [0.2, 0.25) is 0 Å². The Morgan fingerprint density at radius 1 is 0.714 bits per heavy atom. The molecule has 2 aromatic rings. The van der Waals surface area contributed by atoms with Gasteiger partial charge in [-0.15, -0.1) is 0 Å². The molecule has 0 saturated carbocycles. The zero-order valence-corrected chi connectivity index (χ0v) is 15.6. The largest absolute Gasteiger partial charge is 0.262 e. The van der Waals surface area contributed by atoms with Gasteiger partial charge in [-0.25, -0.2) is 0 Å². The fourth-order valence-electron chi connectivity index (χ4n) is 0.913. The van der Waals surface area contributed by atoms with Crippen LogP contribution in [0.1, 0.15) is 52.9 Å². The van der Waals surface area contributed by atoms with Crippen molar-refractivity contribution in [3.63, 3.8) is 0 Å². The van der Waals surface area contributed by atoms with Crippen LogP contribution in [0.25, 0.3) is 0 Å². The first-order valence-corrected chi connectivity index (χ1v) is 8.02. The fourth-order valence-corrected chi connectivity index (χ4v) is 1.03. The van der Waals surface area contributed by atoms with Gasteiger partial charge in [0, 0.05) is 18.1 Å². The summed E-state index contributed by atoms with van der Waals surface area (Å²) in [6.07, 6.45) is 3.51. The van der Waals surface area contributed by atoms with E-state index >= 15 is 0 Å². The highest BCUT2D eigenvalue weighted by atomic mass is 35.5. The van der Waals surface area contributed by atoms with Crippen LogP contribution in [0.2, 0.25) is 5.02 Å². The van der Waals surface area contributed by atoms with Gasteiger partial charge >= 0.3 is 0 Å². The average molecular weight is 311 g/mol. The Bertz CT molecular complexity index is 382. The van der Waals surface area contributed by atoms with Gasteiger partial charge in [0.25, 0.3) is 0 Å². The fraction of sp³-hybridized carbons (Fsp3) is 0.444. The van der Waals surface area contributed by atoms with E-state index < -0.39 is 0 Å². The average Bonchev–Trinajstić information content (AvgIpc) is 2.57. The van der Waals surface area contributed by atoms with Crippen LogP contribution in [-0.2, 0) is 0 Å². The van der Waals surface area contributed by atoms with Crippen molar-refractivity contribution in [3.8, 4) is 0 Å². The molecule has 2 nitrogen and oxygen atoms in total. The van der Waals surface area contributed by atoms with Crippen LogP contribution in [0.4, 0.5) is 0 Å². The third-order valence-electron chi connectivity index (χ3n) is 1.76. The van der Waals surface area contributed by atoms with E-state index in [1.807, 2.05) is 85.7 Å². The third-order valence-corrected chi connectivity index (χ3v) is 2.15. The molecule has 3 heteroatoms. The zero-order valence-electron chi connectivity index (χ0n) is 14.8. The monoisotopic (exact) mass is 310 g/mol. The van der Waals surface area contributed by atoms with Gasteiger partial charge in [-0.3, -0.25) is 9.97 Å². The molecule has 2 heterocycles. The molecule has 0 aliphatic carbocycles. The Hall–Kier alpha value is -1.41. The number of aromatic nitrogens is 2. The van der Waals surface area contributed by atoms with E-state index in [-0.39, 0.29) is 0 Å². The van der Waals surface area contributed by atoms with Crippen molar-refractivity contribution in [1.82, 2.24) is 9.97 Å². The summed E-state index contributed by atoms with van der Waals surface area (Å²) >= 11 is 5.65. The molecule has 0 aromatic carbocycles. The van der Waals surface area contributed by atoms with Crippen molar-refractivity contribution >= 4 is 11.6 Å². The number of halogens is 1. The number of aryl methyl sites for hydroxylation is 2. The van der Waals surface area contributed by atoms with Gasteiger partial charge in [-0.05, 0) is 38.1 Å². The smallest absolute Gasteiger partial charge is 0.0618 e. The molecule has 0 N–H and O–H groups in total. The summed E-state index contributed by atoms with van der Waals surface area (Å²) in [5, 5.41) is 0.729. The van der Waals surface area contributed by atoms with Gasteiger partial charge < -0.3 is 0 Å². The highest BCUT2D eigenvalue weighted by Crippen LogP contribution is 2.08. The first-order chi connectivity index (χ1) is 10.2. The lowest BCUT2D eigenvalue weighted by atomic mass is 10.4. The topological polar surface area (TPSA) is 25.8 Å². The number of pyridine rings is 2. The van der Waals surface area contributed by atoms with Crippen molar-refractivity contribution in [2.45, 2.75) is 55.4 Å². The van der Waals surface area contributed by atoms with Crippen molar-refractivity contribution in [3.05, 3.63) is 59.1 Å². The maximum Gasteiger partial charge on any atom is 0.0618 e. The summed E-state index contributed by atoms with van der Waals surface area (Å²) in [4.78, 5) is 7.93. The van der Waals surface area contributed by atoms with Gasteiger partial charge in [0.1, 0.15) is 0 Å². The summed E-state index contributed by atoms with van der Waals surface area (Å²) < 4.78 is 0. The van der Waals surface area contributed by atoms with Gasteiger partial charge in [0.05, 0.1) is 10.7 Å². The standard InChI is InChI=1S/C6H6ClN.C6H7N.3C2H6/c1-5-6(7)3-2-4-8-5;1-6-4-2-3-5-7-6;3*1-2/h2-4H,1H3;2-5H,1H3;3*1-2H3. The Kier molecular flexibility index (Phi) is 24.5. The van der Waals surface area contributed by atoms with Gasteiger partial charge in [-0.1, -0.05) is 59.2 Å². The molecule has 0 unspecified atom stereocenters. The number of hydrogen-bond acceptors (Lipinski definition) is 2. The molecule has 0 amide bonds. The Balaban J connectivity index is -0.000000229. The minimum Gasteiger partial charge on any atom is -0.262 e. The molecule has 0 radical (unpaired) electrons. The maximum absolute atomic E-state index is 5.65. The number of nitrogens with zero attached hydrogens (tertiary/aromatic N) is 2. The molecule has 0 aliphatic rings. The second-order valence-electron chi connectivity index (χ2n) is 3.04. The molecule has 0 atom stereocenters. The maximum atomic E-state index is 5.65. The first kappa shape index (κ1) is 24.6. The quantitative estimate of drug-likeness (QED) is 0.554. The van der Waals surface area contributed by atoms with Gasteiger partial charge in [0.15, 0.2) is 0 Å². The zero-order chi connectivity index (χ0) is 17.1. The molecule has 0 bridgehead atoms. The van der Waals surface area contributed by atoms with Crippen molar-refractivity contribution in [1.29, 1.82) is 0 Å². The predicted octanol–water partition coefficient (Wildman–Crippen LogP) is 6.51. The van der Waals surface area contributed by atoms with Crippen LogP contribution in [-0.4, -0.2) is 9.97 Å². The lowest BCUT2D eigenvalue weighted by Gasteiger charge is -1.90. The van der Waals surface area contributed by atoms with Crippen LogP contribution in [0.5, 0.6) is 0 Å². The van der Waals surface area contributed by atoms with Gasteiger partial charge in [-0.2, -0.15) is 0 Å². The van der Waals surface area contributed by atoms with Crippen LogP contribution in [0, 0.1) is 13.8 Å². The Morgan fingerprint density at radius 2 is 1.24 bits per heavy atom.